The summed E-state index contributed by atoms with van der Waals surface area (Å²) < 4.78 is 26.4. The number of hydrogen-bond donors (Lipinski definition) is 1. The normalized spacial score (nSPS) is 28.1. The van der Waals surface area contributed by atoms with Crippen LogP contribution in [0.1, 0.15) is 45.1 Å². The average Bonchev–Trinajstić information content (AvgIpc) is 2.13. The van der Waals surface area contributed by atoms with Crippen LogP contribution in [0.5, 0.6) is 0 Å². The van der Waals surface area contributed by atoms with Gasteiger partial charge in [0.1, 0.15) is 11.6 Å². The highest BCUT2D eigenvalue weighted by Crippen LogP contribution is 2.46. The smallest absolute Gasteiger partial charge is 0.126 e. The molecule has 0 radical (unpaired) electrons. The van der Waals surface area contributed by atoms with Crippen LogP contribution in [-0.2, 0) is 5.60 Å². The van der Waals surface area contributed by atoms with Crippen LogP contribution in [0.4, 0.5) is 8.78 Å². The molecule has 1 N–H and O–H groups in total. The average molecular weight is 240 g/mol. The fourth-order valence-corrected chi connectivity index (χ4v) is 2.90. The summed E-state index contributed by atoms with van der Waals surface area (Å²) in [4.78, 5) is 0. The zero-order valence-corrected chi connectivity index (χ0v) is 10.3. The van der Waals surface area contributed by atoms with Gasteiger partial charge in [0.2, 0.25) is 0 Å². The molecule has 0 amide bonds. The minimum Gasteiger partial charge on any atom is -0.385 e. The van der Waals surface area contributed by atoms with Crippen molar-refractivity contribution in [2.75, 3.05) is 0 Å². The monoisotopic (exact) mass is 240 g/mol. The molecule has 1 aromatic carbocycles. The molecule has 0 aromatic heterocycles. The maximum Gasteiger partial charge on any atom is 0.126 e. The van der Waals surface area contributed by atoms with E-state index in [1.807, 2.05) is 0 Å². The Bertz CT molecular complexity index is 408. The molecule has 0 aliphatic heterocycles. The standard InChI is InChI=1S/C14H18F2O/c1-13(2)4-3-5-14(17,9-13)10-6-11(15)8-12(16)7-10/h6-8,17H,3-5,9H2,1-2H3. The van der Waals surface area contributed by atoms with E-state index in [4.69, 9.17) is 0 Å². The van der Waals surface area contributed by atoms with E-state index in [0.717, 1.165) is 18.9 Å². The first-order valence-electron chi connectivity index (χ1n) is 6.00. The number of halogens is 2. The number of benzene rings is 1. The van der Waals surface area contributed by atoms with Crippen LogP contribution < -0.4 is 0 Å². The summed E-state index contributed by atoms with van der Waals surface area (Å²) in [6, 6.07) is 3.32. The molecule has 1 aromatic rings. The van der Waals surface area contributed by atoms with Crippen molar-refractivity contribution in [2.24, 2.45) is 5.41 Å². The van der Waals surface area contributed by atoms with Gasteiger partial charge in [-0.05, 0) is 48.8 Å². The van der Waals surface area contributed by atoms with Gasteiger partial charge in [-0.25, -0.2) is 8.78 Å². The third-order valence-electron chi connectivity index (χ3n) is 3.61. The summed E-state index contributed by atoms with van der Waals surface area (Å²) in [5, 5.41) is 10.6. The van der Waals surface area contributed by atoms with Crippen LogP contribution in [-0.4, -0.2) is 5.11 Å². The molecule has 1 saturated carbocycles. The molecule has 0 heterocycles. The van der Waals surface area contributed by atoms with Gasteiger partial charge in [-0.3, -0.25) is 0 Å². The Hall–Kier alpha value is -0.960. The minimum absolute atomic E-state index is 0.00972. The topological polar surface area (TPSA) is 20.2 Å². The first-order valence-corrected chi connectivity index (χ1v) is 6.00. The summed E-state index contributed by atoms with van der Waals surface area (Å²) in [6.45, 7) is 4.15. The second kappa shape index (κ2) is 4.05. The molecule has 0 spiro atoms. The SMILES string of the molecule is CC1(C)CCCC(O)(c2cc(F)cc(F)c2)C1. The molecule has 1 fully saturated rings. The van der Waals surface area contributed by atoms with Gasteiger partial charge in [-0.1, -0.05) is 13.8 Å². The van der Waals surface area contributed by atoms with Crippen molar-refractivity contribution in [1.29, 1.82) is 0 Å². The lowest BCUT2D eigenvalue weighted by atomic mass is 9.67. The van der Waals surface area contributed by atoms with Gasteiger partial charge in [0.25, 0.3) is 0 Å². The van der Waals surface area contributed by atoms with Crippen molar-refractivity contribution >= 4 is 0 Å². The second-order valence-electron chi connectivity index (χ2n) is 5.88. The fourth-order valence-electron chi connectivity index (χ4n) is 2.90. The summed E-state index contributed by atoms with van der Waals surface area (Å²) in [6.07, 6.45) is 3.02. The number of rotatable bonds is 1. The lowest BCUT2D eigenvalue weighted by molar-refractivity contribution is -0.0444. The molecule has 1 aliphatic carbocycles. The molecule has 0 saturated heterocycles. The molecule has 94 valence electrons. The van der Waals surface area contributed by atoms with E-state index in [-0.39, 0.29) is 5.41 Å². The first kappa shape index (κ1) is 12.5. The maximum absolute atomic E-state index is 13.2. The lowest BCUT2D eigenvalue weighted by Gasteiger charge is -2.41. The molecular formula is C14H18F2O. The van der Waals surface area contributed by atoms with Crippen LogP contribution in [0.25, 0.3) is 0 Å². The maximum atomic E-state index is 13.2. The molecule has 3 heteroatoms. The highest BCUT2D eigenvalue weighted by molar-refractivity contribution is 5.25. The second-order valence-corrected chi connectivity index (χ2v) is 5.88. The van der Waals surface area contributed by atoms with Gasteiger partial charge in [-0.2, -0.15) is 0 Å². The van der Waals surface area contributed by atoms with Gasteiger partial charge >= 0.3 is 0 Å². The Balaban J connectivity index is 2.37. The molecule has 1 unspecified atom stereocenters. The highest BCUT2D eigenvalue weighted by Gasteiger charge is 2.40. The molecule has 0 bridgehead atoms. The third-order valence-corrected chi connectivity index (χ3v) is 3.61. The summed E-state index contributed by atoms with van der Waals surface area (Å²) >= 11 is 0. The predicted octanol–water partition coefficient (Wildman–Crippen LogP) is 3.75. The Kier molecular flexibility index (Phi) is 2.98. The van der Waals surface area contributed by atoms with Crippen LogP contribution in [0.2, 0.25) is 0 Å². The van der Waals surface area contributed by atoms with Crippen molar-refractivity contribution in [3.05, 3.63) is 35.4 Å². The van der Waals surface area contributed by atoms with E-state index in [1.54, 1.807) is 0 Å². The highest BCUT2D eigenvalue weighted by atomic mass is 19.1. The zero-order chi connectivity index (χ0) is 12.7. The van der Waals surface area contributed by atoms with Crippen molar-refractivity contribution in [3.8, 4) is 0 Å². The third kappa shape index (κ3) is 2.65. The van der Waals surface area contributed by atoms with Crippen LogP contribution in [0.3, 0.4) is 0 Å². The van der Waals surface area contributed by atoms with E-state index < -0.39 is 17.2 Å². The molecule has 2 rings (SSSR count). The predicted molar refractivity (Wildman–Crippen MR) is 62.5 cm³/mol. The largest absolute Gasteiger partial charge is 0.385 e. The first-order chi connectivity index (χ1) is 7.81. The molecule has 1 atom stereocenters. The van der Waals surface area contributed by atoms with E-state index in [2.05, 4.69) is 13.8 Å². The molecule has 17 heavy (non-hydrogen) atoms. The quantitative estimate of drug-likeness (QED) is 0.792. The van der Waals surface area contributed by atoms with Gasteiger partial charge in [0.15, 0.2) is 0 Å². The van der Waals surface area contributed by atoms with E-state index in [9.17, 15) is 13.9 Å². The molecule has 1 aliphatic rings. The fraction of sp³-hybridized carbons (Fsp3) is 0.571. The van der Waals surface area contributed by atoms with Gasteiger partial charge in [0.05, 0.1) is 5.60 Å². The van der Waals surface area contributed by atoms with Crippen molar-refractivity contribution < 1.29 is 13.9 Å². The lowest BCUT2D eigenvalue weighted by Crippen LogP contribution is -2.36. The van der Waals surface area contributed by atoms with Gasteiger partial charge in [0, 0.05) is 6.07 Å². The summed E-state index contributed by atoms with van der Waals surface area (Å²) in [7, 11) is 0. The Morgan fingerprint density at radius 1 is 1.06 bits per heavy atom. The van der Waals surface area contributed by atoms with Gasteiger partial charge < -0.3 is 5.11 Å². The van der Waals surface area contributed by atoms with E-state index in [1.165, 1.54) is 12.1 Å². The van der Waals surface area contributed by atoms with E-state index >= 15 is 0 Å². The van der Waals surface area contributed by atoms with E-state index in [0.29, 0.717) is 18.4 Å². The summed E-state index contributed by atoms with van der Waals surface area (Å²) in [5.74, 6) is -1.26. The Morgan fingerprint density at radius 2 is 1.65 bits per heavy atom. The Labute approximate surface area is 100 Å². The van der Waals surface area contributed by atoms with Crippen LogP contribution in [0, 0.1) is 17.0 Å². The van der Waals surface area contributed by atoms with Crippen LogP contribution in [0.15, 0.2) is 18.2 Å². The zero-order valence-electron chi connectivity index (χ0n) is 10.3. The minimum atomic E-state index is -1.09. The molecule has 1 nitrogen and oxygen atoms in total. The number of aliphatic hydroxyl groups is 1. The Morgan fingerprint density at radius 3 is 2.18 bits per heavy atom. The van der Waals surface area contributed by atoms with Crippen molar-refractivity contribution in [3.63, 3.8) is 0 Å². The van der Waals surface area contributed by atoms with Gasteiger partial charge in [-0.15, -0.1) is 0 Å². The summed E-state index contributed by atoms with van der Waals surface area (Å²) in [5.41, 5.74) is -0.719. The van der Waals surface area contributed by atoms with Crippen molar-refractivity contribution in [1.82, 2.24) is 0 Å². The van der Waals surface area contributed by atoms with Crippen LogP contribution >= 0.6 is 0 Å². The molecular weight excluding hydrogens is 222 g/mol. The van der Waals surface area contributed by atoms with Crippen molar-refractivity contribution in [2.45, 2.75) is 45.1 Å². The number of hydrogen-bond acceptors (Lipinski definition) is 1.